The fourth-order valence-electron chi connectivity index (χ4n) is 2.97. The fourth-order valence-corrected chi connectivity index (χ4v) is 3.14. The molecule has 0 spiro atoms. The van der Waals surface area contributed by atoms with Gasteiger partial charge in [0.2, 0.25) is 0 Å². The fraction of sp³-hybridized carbons (Fsp3) is 0.130. The minimum absolute atomic E-state index is 0.00256. The molecular weight excluding hydrogens is 386 g/mol. The number of methoxy groups -OCH3 is 1. The average Bonchev–Trinajstić information content (AvgIpc) is 3.08. The number of nitriles is 1. The predicted octanol–water partition coefficient (Wildman–Crippen LogP) is 5.30. The highest BCUT2D eigenvalue weighted by atomic mass is 35.5. The number of aryl methyl sites for hydroxylation is 2. The van der Waals surface area contributed by atoms with E-state index in [2.05, 4.69) is 5.32 Å². The summed E-state index contributed by atoms with van der Waals surface area (Å²) in [5.74, 6) is 0.266. The highest BCUT2D eigenvalue weighted by Gasteiger charge is 2.14. The van der Waals surface area contributed by atoms with Gasteiger partial charge in [-0.2, -0.15) is 5.26 Å². The molecule has 0 saturated heterocycles. The molecule has 1 aromatic heterocycles. The Morgan fingerprint density at radius 2 is 1.86 bits per heavy atom. The zero-order chi connectivity index (χ0) is 21.0. The second kappa shape index (κ2) is 8.68. The van der Waals surface area contributed by atoms with Crippen molar-refractivity contribution in [1.82, 2.24) is 4.57 Å². The van der Waals surface area contributed by atoms with Crippen LogP contribution in [0.15, 0.2) is 60.2 Å². The Balaban J connectivity index is 1.94. The molecule has 0 unspecified atom stereocenters. The average molecular weight is 406 g/mol. The van der Waals surface area contributed by atoms with Gasteiger partial charge in [-0.3, -0.25) is 4.79 Å². The Hall–Kier alpha value is -3.49. The van der Waals surface area contributed by atoms with Crippen molar-refractivity contribution in [2.45, 2.75) is 13.8 Å². The summed E-state index contributed by atoms with van der Waals surface area (Å²) >= 11 is 6.01. The summed E-state index contributed by atoms with van der Waals surface area (Å²) in [4.78, 5) is 12.7. The van der Waals surface area contributed by atoms with Gasteiger partial charge in [0.1, 0.15) is 17.4 Å². The van der Waals surface area contributed by atoms with Gasteiger partial charge in [-0.05, 0) is 74.0 Å². The number of hydrogen-bond acceptors (Lipinski definition) is 3. The molecule has 6 heteroatoms. The first-order valence-electron chi connectivity index (χ1n) is 8.95. The SMILES string of the molecule is COc1ccc(-n2c(C)ccc2/C=C(/C#N)C(=O)Nc2cc(Cl)ccc2C)cc1. The first kappa shape index (κ1) is 20.2. The van der Waals surface area contributed by atoms with Gasteiger partial charge in [-0.1, -0.05) is 17.7 Å². The number of anilines is 1. The summed E-state index contributed by atoms with van der Waals surface area (Å²) in [6, 6.07) is 18.6. The van der Waals surface area contributed by atoms with Crippen LogP contribution in [-0.4, -0.2) is 17.6 Å². The number of nitrogens with zero attached hydrogens (tertiary/aromatic N) is 2. The molecule has 1 amide bonds. The minimum Gasteiger partial charge on any atom is -0.497 e. The zero-order valence-corrected chi connectivity index (χ0v) is 17.1. The smallest absolute Gasteiger partial charge is 0.266 e. The van der Waals surface area contributed by atoms with Crippen LogP contribution in [-0.2, 0) is 4.79 Å². The molecule has 146 valence electrons. The summed E-state index contributed by atoms with van der Waals surface area (Å²) in [6.45, 7) is 3.82. The second-order valence-corrected chi connectivity index (χ2v) is 6.95. The van der Waals surface area contributed by atoms with Gasteiger partial charge < -0.3 is 14.6 Å². The van der Waals surface area contributed by atoms with Crippen LogP contribution in [0.25, 0.3) is 11.8 Å². The third-order valence-corrected chi connectivity index (χ3v) is 4.78. The number of benzene rings is 2. The van der Waals surface area contributed by atoms with E-state index in [-0.39, 0.29) is 5.57 Å². The van der Waals surface area contributed by atoms with Crippen molar-refractivity contribution in [3.8, 4) is 17.5 Å². The summed E-state index contributed by atoms with van der Waals surface area (Å²) in [5, 5.41) is 12.8. The molecule has 3 aromatic rings. The van der Waals surface area contributed by atoms with Gasteiger partial charge in [-0.25, -0.2) is 0 Å². The number of ether oxygens (including phenoxy) is 1. The molecule has 0 fully saturated rings. The first-order chi connectivity index (χ1) is 13.9. The third-order valence-electron chi connectivity index (χ3n) is 4.54. The Bertz CT molecular complexity index is 1120. The van der Waals surface area contributed by atoms with Crippen LogP contribution < -0.4 is 10.1 Å². The van der Waals surface area contributed by atoms with Gasteiger partial charge in [0.05, 0.1) is 7.11 Å². The molecule has 1 N–H and O–H groups in total. The van der Waals surface area contributed by atoms with E-state index in [0.29, 0.717) is 10.7 Å². The van der Waals surface area contributed by atoms with Crippen molar-refractivity contribution in [3.63, 3.8) is 0 Å². The maximum Gasteiger partial charge on any atom is 0.266 e. The van der Waals surface area contributed by atoms with Crippen molar-refractivity contribution < 1.29 is 9.53 Å². The Kier molecular flexibility index (Phi) is 6.06. The van der Waals surface area contributed by atoms with E-state index in [1.165, 1.54) is 0 Å². The molecule has 0 radical (unpaired) electrons. The van der Waals surface area contributed by atoms with E-state index in [1.54, 1.807) is 25.3 Å². The van der Waals surface area contributed by atoms with E-state index < -0.39 is 5.91 Å². The molecule has 3 rings (SSSR count). The lowest BCUT2D eigenvalue weighted by molar-refractivity contribution is -0.112. The lowest BCUT2D eigenvalue weighted by Crippen LogP contribution is -2.14. The van der Waals surface area contributed by atoms with Crippen molar-refractivity contribution in [2.24, 2.45) is 0 Å². The van der Waals surface area contributed by atoms with Crippen LogP contribution in [0.5, 0.6) is 5.75 Å². The van der Waals surface area contributed by atoms with Crippen molar-refractivity contribution in [2.75, 3.05) is 12.4 Å². The van der Waals surface area contributed by atoms with Crippen molar-refractivity contribution in [3.05, 3.63) is 82.1 Å². The van der Waals surface area contributed by atoms with Gasteiger partial charge in [0, 0.05) is 27.8 Å². The van der Waals surface area contributed by atoms with Gasteiger partial charge in [0.15, 0.2) is 0 Å². The number of carbonyl (C=O) groups excluding carboxylic acids is 1. The van der Waals surface area contributed by atoms with E-state index in [0.717, 1.165) is 28.4 Å². The summed E-state index contributed by atoms with van der Waals surface area (Å²) in [6.07, 6.45) is 1.58. The number of halogens is 1. The van der Waals surface area contributed by atoms with Crippen LogP contribution in [0.2, 0.25) is 5.02 Å². The number of aromatic nitrogens is 1. The number of rotatable bonds is 5. The number of hydrogen-bond donors (Lipinski definition) is 1. The van der Waals surface area contributed by atoms with E-state index >= 15 is 0 Å². The van der Waals surface area contributed by atoms with E-state index in [9.17, 15) is 10.1 Å². The standard InChI is InChI=1S/C23H20ClN3O2/c1-15-4-6-18(24)13-22(15)26-23(28)17(14-25)12-20-7-5-16(2)27(20)19-8-10-21(29-3)11-9-19/h4-13H,1-3H3,(H,26,28)/b17-12-. The molecule has 1 heterocycles. The highest BCUT2D eigenvalue weighted by Crippen LogP contribution is 2.23. The molecule has 0 aliphatic carbocycles. The Labute approximate surface area is 174 Å². The molecule has 0 atom stereocenters. The van der Waals surface area contributed by atoms with Crippen LogP contribution in [0.3, 0.4) is 0 Å². The molecule has 0 saturated carbocycles. The third kappa shape index (κ3) is 4.50. The van der Waals surface area contributed by atoms with Crippen molar-refractivity contribution >= 4 is 29.3 Å². The number of nitrogens with one attached hydrogen (secondary N) is 1. The summed E-state index contributed by atoms with van der Waals surface area (Å²) < 4.78 is 7.18. The predicted molar refractivity (Wildman–Crippen MR) is 115 cm³/mol. The minimum atomic E-state index is -0.488. The monoisotopic (exact) mass is 405 g/mol. The van der Waals surface area contributed by atoms with E-state index in [4.69, 9.17) is 16.3 Å². The molecule has 29 heavy (non-hydrogen) atoms. The maximum absolute atomic E-state index is 12.7. The first-order valence-corrected chi connectivity index (χ1v) is 9.33. The number of carbonyl (C=O) groups is 1. The van der Waals surface area contributed by atoms with Crippen LogP contribution in [0, 0.1) is 25.2 Å². The Morgan fingerprint density at radius 3 is 2.52 bits per heavy atom. The molecule has 0 aliphatic rings. The molecule has 5 nitrogen and oxygen atoms in total. The van der Waals surface area contributed by atoms with Gasteiger partial charge >= 0.3 is 0 Å². The Morgan fingerprint density at radius 1 is 1.14 bits per heavy atom. The summed E-state index contributed by atoms with van der Waals surface area (Å²) in [5.41, 5.74) is 4.04. The molecule has 0 bridgehead atoms. The van der Waals surface area contributed by atoms with Gasteiger partial charge in [0.25, 0.3) is 5.91 Å². The second-order valence-electron chi connectivity index (χ2n) is 6.52. The van der Waals surface area contributed by atoms with Crippen LogP contribution in [0.4, 0.5) is 5.69 Å². The van der Waals surface area contributed by atoms with Crippen molar-refractivity contribution in [1.29, 1.82) is 5.26 Å². The molecule has 2 aromatic carbocycles. The lowest BCUT2D eigenvalue weighted by atomic mass is 10.1. The molecular formula is C23H20ClN3O2. The van der Waals surface area contributed by atoms with Crippen LogP contribution in [0.1, 0.15) is 17.0 Å². The van der Waals surface area contributed by atoms with Crippen LogP contribution >= 0.6 is 11.6 Å². The zero-order valence-electron chi connectivity index (χ0n) is 16.4. The summed E-state index contributed by atoms with van der Waals surface area (Å²) in [7, 11) is 1.61. The largest absolute Gasteiger partial charge is 0.497 e. The topological polar surface area (TPSA) is 67.0 Å². The number of amides is 1. The maximum atomic E-state index is 12.7. The highest BCUT2D eigenvalue weighted by molar-refractivity contribution is 6.31. The van der Waals surface area contributed by atoms with Gasteiger partial charge in [-0.15, -0.1) is 0 Å². The quantitative estimate of drug-likeness (QED) is 0.462. The normalized spacial score (nSPS) is 11.1. The van der Waals surface area contributed by atoms with E-state index in [1.807, 2.05) is 66.9 Å². The molecule has 0 aliphatic heterocycles. The lowest BCUT2D eigenvalue weighted by Gasteiger charge is -2.11.